The third kappa shape index (κ3) is 2.88. The Kier molecular flexibility index (Phi) is 3.29. The van der Waals surface area contributed by atoms with E-state index in [-0.39, 0.29) is 11.4 Å². The van der Waals surface area contributed by atoms with E-state index in [0.29, 0.717) is 5.56 Å². The summed E-state index contributed by atoms with van der Waals surface area (Å²) in [4.78, 5) is 9.68. The molecule has 0 aliphatic heterocycles. The summed E-state index contributed by atoms with van der Waals surface area (Å²) in [5.74, 6) is -0.557. The molecule has 14 heavy (non-hydrogen) atoms. The lowest BCUT2D eigenvalue weighted by Gasteiger charge is -1.98. The summed E-state index contributed by atoms with van der Waals surface area (Å²) >= 11 is 0. The van der Waals surface area contributed by atoms with Crippen LogP contribution in [-0.4, -0.2) is 15.4 Å². The van der Waals surface area contributed by atoms with Crippen LogP contribution >= 0.6 is 0 Å². The number of non-ortho nitro benzene ring substituents is 1. The monoisotopic (exact) mass is 217 g/mol. The Labute approximate surface area is 82.4 Å². The average Bonchev–Trinajstić information content (AvgIpc) is 2.01. The highest BCUT2D eigenvalue weighted by Gasteiger charge is 2.10. The lowest BCUT2D eigenvalue weighted by Crippen LogP contribution is -1.96. The fourth-order valence-electron chi connectivity index (χ4n) is 1.06. The van der Waals surface area contributed by atoms with Gasteiger partial charge in [0, 0.05) is 28.9 Å². The van der Waals surface area contributed by atoms with Crippen LogP contribution in [0.25, 0.3) is 0 Å². The van der Waals surface area contributed by atoms with Gasteiger partial charge in [0.15, 0.2) is 0 Å². The molecule has 0 bridgehead atoms. The van der Waals surface area contributed by atoms with Crippen molar-refractivity contribution in [2.75, 3.05) is 6.26 Å². The van der Waals surface area contributed by atoms with Gasteiger partial charge in [0.25, 0.3) is 5.69 Å². The highest BCUT2D eigenvalue weighted by molar-refractivity contribution is 7.83. The minimum Gasteiger partial charge on any atom is -0.260 e. The molecule has 0 heterocycles. The maximum Gasteiger partial charge on any atom is 0.272 e. The minimum atomic E-state index is -1.14. The van der Waals surface area contributed by atoms with Gasteiger partial charge >= 0.3 is 0 Å². The van der Waals surface area contributed by atoms with Crippen molar-refractivity contribution in [3.8, 4) is 0 Å². The number of nitrogens with zero attached hydrogens (tertiary/aromatic N) is 1. The van der Waals surface area contributed by atoms with Gasteiger partial charge in [0.2, 0.25) is 0 Å². The molecule has 0 spiro atoms. The average molecular weight is 217 g/mol. The summed E-state index contributed by atoms with van der Waals surface area (Å²) in [5, 5.41) is 10.4. The maximum atomic E-state index is 12.8. The van der Waals surface area contributed by atoms with Crippen molar-refractivity contribution >= 4 is 16.5 Å². The van der Waals surface area contributed by atoms with E-state index in [9.17, 15) is 18.7 Å². The van der Waals surface area contributed by atoms with Crippen molar-refractivity contribution in [1.82, 2.24) is 0 Å². The molecule has 76 valence electrons. The van der Waals surface area contributed by atoms with E-state index in [1.54, 1.807) is 0 Å². The molecule has 1 rings (SSSR count). The lowest BCUT2D eigenvalue weighted by molar-refractivity contribution is -0.385. The minimum absolute atomic E-state index is 0.124. The van der Waals surface area contributed by atoms with Gasteiger partial charge in [-0.25, -0.2) is 4.39 Å². The molecule has 4 nitrogen and oxygen atoms in total. The largest absolute Gasteiger partial charge is 0.272 e. The van der Waals surface area contributed by atoms with Crippen LogP contribution in [0.2, 0.25) is 0 Å². The summed E-state index contributed by atoms with van der Waals surface area (Å²) in [7, 11) is -1.14. The van der Waals surface area contributed by atoms with E-state index in [4.69, 9.17) is 0 Å². The zero-order valence-electron chi connectivity index (χ0n) is 7.40. The van der Waals surface area contributed by atoms with Gasteiger partial charge in [0.1, 0.15) is 5.82 Å². The predicted molar refractivity (Wildman–Crippen MR) is 50.8 cm³/mol. The van der Waals surface area contributed by atoms with Crippen LogP contribution in [0.3, 0.4) is 0 Å². The van der Waals surface area contributed by atoms with Gasteiger partial charge in [-0.1, -0.05) is 0 Å². The zero-order chi connectivity index (χ0) is 10.7. The molecule has 0 N–H and O–H groups in total. The van der Waals surface area contributed by atoms with Crippen molar-refractivity contribution in [3.63, 3.8) is 0 Å². The fraction of sp³-hybridized carbons (Fsp3) is 0.250. The first-order valence-electron chi connectivity index (χ1n) is 3.73. The van der Waals surface area contributed by atoms with Crippen molar-refractivity contribution in [2.24, 2.45) is 0 Å². The third-order valence-electron chi connectivity index (χ3n) is 1.52. The van der Waals surface area contributed by atoms with Gasteiger partial charge in [0.05, 0.1) is 11.0 Å². The Morgan fingerprint density at radius 2 is 2.14 bits per heavy atom. The zero-order valence-corrected chi connectivity index (χ0v) is 8.21. The molecule has 6 heteroatoms. The number of hydrogen-bond acceptors (Lipinski definition) is 3. The molecule has 0 aromatic heterocycles. The first kappa shape index (κ1) is 10.8. The maximum absolute atomic E-state index is 12.8. The van der Waals surface area contributed by atoms with E-state index in [0.717, 1.165) is 12.1 Å². The molecular weight excluding hydrogens is 209 g/mol. The Bertz CT molecular complexity index is 394. The molecule has 0 saturated carbocycles. The van der Waals surface area contributed by atoms with Crippen molar-refractivity contribution < 1.29 is 13.5 Å². The number of nitro benzene ring substituents is 1. The standard InChI is InChI=1S/C8H8FNO3S/c1-14(13)5-6-2-7(9)4-8(3-6)10(11)12/h2-4H,5H2,1H3/t14-/m0/s1. The summed E-state index contributed by atoms with van der Waals surface area (Å²) in [6, 6.07) is 3.21. The van der Waals surface area contributed by atoms with Gasteiger partial charge in [-0.3, -0.25) is 14.3 Å². The van der Waals surface area contributed by atoms with Crippen molar-refractivity contribution in [1.29, 1.82) is 0 Å². The fourth-order valence-corrected chi connectivity index (χ4v) is 1.69. The van der Waals surface area contributed by atoms with Crippen molar-refractivity contribution in [2.45, 2.75) is 5.75 Å². The molecule has 0 unspecified atom stereocenters. The number of rotatable bonds is 3. The van der Waals surface area contributed by atoms with Crippen LogP contribution in [0.1, 0.15) is 5.56 Å². The van der Waals surface area contributed by atoms with Gasteiger partial charge in [-0.05, 0) is 11.6 Å². The van der Waals surface area contributed by atoms with Gasteiger partial charge in [-0.15, -0.1) is 0 Å². The summed E-state index contributed by atoms with van der Waals surface area (Å²) in [6.07, 6.45) is 1.46. The Balaban J connectivity index is 3.07. The van der Waals surface area contributed by atoms with Crippen LogP contribution in [0.5, 0.6) is 0 Å². The van der Waals surface area contributed by atoms with E-state index in [2.05, 4.69) is 0 Å². The third-order valence-corrected chi connectivity index (χ3v) is 2.26. The Hall–Kier alpha value is -1.30. The highest BCUT2D eigenvalue weighted by atomic mass is 32.2. The second kappa shape index (κ2) is 4.28. The summed E-state index contributed by atoms with van der Waals surface area (Å²) in [6.45, 7) is 0. The lowest BCUT2D eigenvalue weighted by atomic mass is 10.2. The molecular formula is C8H8FNO3S. The van der Waals surface area contributed by atoms with Crippen LogP contribution in [-0.2, 0) is 16.6 Å². The number of halogens is 1. The van der Waals surface area contributed by atoms with Crippen molar-refractivity contribution in [3.05, 3.63) is 39.7 Å². The summed E-state index contributed by atoms with van der Waals surface area (Å²) < 4.78 is 23.7. The number of nitro groups is 1. The van der Waals surface area contributed by atoms with E-state index < -0.39 is 21.5 Å². The molecule has 0 amide bonds. The molecule has 1 aromatic rings. The van der Waals surface area contributed by atoms with E-state index in [1.165, 1.54) is 12.3 Å². The molecule has 0 radical (unpaired) electrons. The van der Waals surface area contributed by atoms with Gasteiger partial charge in [-0.2, -0.15) is 0 Å². The normalized spacial score (nSPS) is 12.4. The van der Waals surface area contributed by atoms with Crippen LogP contribution < -0.4 is 0 Å². The van der Waals surface area contributed by atoms with Crippen LogP contribution in [0.15, 0.2) is 18.2 Å². The van der Waals surface area contributed by atoms with Gasteiger partial charge < -0.3 is 0 Å². The highest BCUT2D eigenvalue weighted by Crippen LogP contribution is 2.17. The number of hydrogen-bond donors (Lipinski definition) is 0. The SMILES string of the molecule is C[S@](=O)Cc1cc(F)cc([N+](=O)[O-])c1. The Morgan fingerprint density at radius 3 is 2.64 bits per heavy atom. The quantitative estimate of drug-likeness (QED) is 0.570. The topological polar surface area (TPSA) is 60.2 Å². The molecule has 0 fully saturated rings. The van der Waals surface area contributed by atoms with E-state index in [1.807, 2.05) is 0 Å². The molecule has 1 atom stereocenters. The summed E-state index contributed by atoms with van der Waals surface area (Å²) in [5.41, 5.74) is 0.0583. The first-order valence-corrected chi connectivity index (χ1v) is 5.45. The van der Waals surface area contributed by atoms with Crippen LogP contribution in [0, 0.1) is 15.9 Å². The predicted octanol–water partition coefficient (Wildman–Crippen LogP) is 1.61. The number of benzene rings is 1. The Morgan fingerprint density at radius 1 is 1.50 bits per heavy atom. The molecule has 0 saturated heterocycles. The smallest absolute Gasteiger partial charge is 0.260 e. The molecule has 0 aliphatic carbocycles. The first-order chi connectivity index (χ1) is 6.49. The second-order valence-corrected chi connectivity index (χ2v) is 4.23. The van der Waals surface area contributed by atoms with E-state index >= 15 is 0 Å². The molecule has 0 aliphatic rings. The second-order valence-electron chi connectivity index (χ2n) is 2.79. The van der Waals surface area contributed by atoms with Crippen LogP contribution in [0.4, 0.5) is 10.1 Å². The molecule has 1 aromatic carbocycles.